The normalized spacial score (nSPS) is 12.9. The number of hydrogen-bond acceptors (Lipinski definition) is 5. The lowest BCUT2D eigenvalue weighted by Crippen LogP contribution is -2.10. The number of rotatable bonds is 5. The molecule has 0 spiro atoms. The van der Waals surface area contributed by atoms with Crippen molar-refractivity contribution in [1.82, 2.24) is 4.98 Å². The highest BCUT2D eigenvalue weighted by Crippen LogP contribution is 2.25. The fourth-order valence-corrected chi connectivity index (χ4v) is 3.27. The fraction of sp³-hybridized carbons (Fsp3) is 0.308. The zero-order chi connectivity index (χ0) is 14.8. The van der Waals surface area contributed by atoms with Crippen molar-refractivity contribution in [2.75, 3.05) is 16.3 Å². The highest BCUT2D eigenvalue weighted by atomic mass is 32.2. The first-order chi connectivity index (χ1) is 9.35. The number of aromatic nitrogens is 1. The molecule has 1 atom stereocenters. The van der Waals surface area contributed by atoms with Crippen LogP contribution in [0.5, 0.6) is 0 Å². The van der Waals surface area contributed by atoms with Crippen LogP contribution < -0.4 is 10.0 Å². The number of anilines is 2. The lowest BCUT2D eigenvalue weighted by atomic mass is 10.2. The third kappa shape index (κ3) is 3.94. The Morgan fingerprint density at radius 2 is 1.80 bits per heavy atom. The van der Waals surface area contributed by atoms with Gasteiger partial charge in [-0.25, -0.2) is 13.4 Å². The summed E-state index contributed by atoms with van der Waals surface area (Å²) in [6, 6.07) is 7.32. The SMILES string of the molecule is Cc1ncsc1C(C)Nc1ccc(NS(C)(=O)=O)cc1. The van der Waals surface area contributed by atoms with Crippen molar-refractivity contribution in [3.8, 4) is 0 Å². The highest BCUT2D eigenvalue weighted by molar-refractivity contribution is 7.92. The summed E-state index contributed by atoms with van der Waals surface area (Å²) in [5.41, 5.74) is 4.36. The molecule has 2 N–H and O–H groups in total. The molecule has 0 fully saturated rings. The van der Waals surface area contributed by atoms with Crippen LogP contribution in [0.15, 0.2) is 29.8 Å². The van der Waals surface area contributed by atoms with E-state index in [0.29, 0.717) is 5.69 Å². The molecule has 0 bridgehead atoms. The van der Waals surface area contributed by atoms with Gasteiger partial charge in [-0.05, 0) is 38.1 Å². The van der Waals surface area contributed by atoms with E-state index in [9.17, 15) is 8.42 Å². The van der Waals surface area contributed by atoms with Gasteiger partial charge in [0.05, 0.1) is 23.5 Å². The van der Waals surface area contributed by atoms with Crippen LogP contribution in [-0.4, -0.2) is 19.7 Å². The van der Waals surface area contributed by atoms with E-state index in [4.69, 9.17) is 0 Å². The van der Waals surface area contributed by atoms with Crippen LogP contribution in [0.4, 0.5) is 11.4 Å². The molecule has 2 aromatic rings. The summed E-state index contributed by atoms with van der Waals surface area (Å²) in [6.45, 7) is 4.06. The Kier molecular flexibility index (Phi) is 4.29. The average molecular weight is 311 g/mol. The standard InChI is InChI=1S/C13H17N3O2S2/c1-9-13(19-8-14-9)10(2)15-11-4-6-12(7-5-11)16-20(3,17)18/h4-8,10,15-16H,1-3H3. The second-order valence-corrected chi connectivity index (χ2v) is 7.25. The summed E-state index contributed by atoms with van der Waals surface area (Å²) in [6.07, 6.45) is 1.13. The van der Waals surface area contributed by atoms with E-state index in [1.165, 1.54) is 4.88 Å². The van der Waals surface area contributed by atoms with Gasteiger partial charge in [0.2, 0.25) is 10.0 Å². The molecular formula is C13H17N3O2S2. The minimum atomic E-state index is -3.23. The molecule has 0 radical (unpaired) electrons. The van der Waals surface area contributed by atoms with Crippen molar-refractivity contribution in [3.05, 3.63) is 40.3 Å². The maximum absolute atomic E-state index is 11.1. The monoisotopic (exact) mass is 311 g/mol. The summed E-state index contributed by atoms with van der Waals surface area (Å²) in [5.74, 6) is 0. The first-order valence-corrected chi connectivity index (χ1v) is 8.86. The minimum absolute atomic E-state index is 0.163. The summed E-state index contributed by atoms with van der Waals surface area (Å²) >= 11 is 1.62. The zero-order valence-electron chi connectivity index (χ0n) is 11.5. The predicted octanol–water partition coefficient (Wildman–Crippen LogP) is 3.00. The number of sulfonamides is 1. The van der Waals surface area contributed by atoms with Crippen LogP contribution in [0.1, 0.15) is 23.5 Å². The van der Waals surface area contributed by atoms with Gasteiger partial charge in [-0.2, -0.15) is 0 Å². The van der Waals surface area contributed by atoms with Crippen LogP contribution in [0.25, 0.3) is 0 Å². The molecule has 0 aliphatic heterocycles. The van der Waals surface area contributed by atoms with Gasteiger partial charge in [0, 0.05) is 16.3 Å². The Balaban J connectivity index is 2.06. The maximum atomic E-state index is 11.1. The van der Waals surface area contributed by atoms with Gasteiger partial charge < -0.3 is 5.32 Å². The Labute approximate surface area is 123 Å². The van der Waals surface area contributed by atoms with E-state index in [-0.39, 0.29) is 6.04 Å². The number of aryl methyl sites for hydroxylation is 1. The smallest absolute Gasteiger partial charge is 0.229 e. The molecule has 108 valence electrons. The van der Waals surface area contributed by atoms with Crippen molar-refractivity contribution in [3.63, 3.8) is 0 Å². The van der Waals surface area contributed by atoms with E-state index >= 15 is 0 Å². The first-order valence-electron chi connectivity index (χ1n) is 6.09. The highest BCUT2D eigenvalue weighted by Gasteiger charge is 2.10. The van der Waals surface area contributed by atoms with E-state index < -0.39 is 10.0 Å². The average Bonchev–Trinajstić information content (AvgIpc) is 2.76. The quantitative estimate of drug-likeness (QED) is 0.890. The molecule has 0 saturated heterocycles. The van der Waals surface area contributed by atoms with Crippen LogP contribution in [-0.2, 0) is 10.0 Å². The molecule has 0 amide bonds. The van der Waals surface area contributed by atoms with Crippen LogP contribution in [0.2, 0.25) is 0 Å². The van der Waals surface area contributed by atoms with Crippen LogP contribution in [0.3, 0.4) is 0 Å². The summed E-state index contributed by atoms with van der Waals surface area (Å²) in [7, 11) is -3.23. The van der Waals surface area contributed by atoms with Crippen molar-refractivity contribution in [2.24, 2.45) is 0 Å². The van der Waals surface area contributed by atoms with Gasteiger partial charge in [-0.15, -0.1) is 11.3 Å². The first kappa shape index (κ1) is 14.8. The van der Waals surface area contributed by atoms with E-state index in [2.05, 4.69) is 21.9 Å². The zero-order valence-corrected chi connectivity index (χ0v) is 13.2. The molecule has 0 aliphatic carbocycles. The van der Waals surface area contributed by atoms with Gasteiger partial charge in [-0.1, -0.05) is 0 Å². The molecule has 0 saturated carbocycles. The molecular weight excluding hydrogens is 294 g/mol. The Hall–Kier alpha value is -1.60. The van der Waals surface area contributed by atoms with Crippen molar-refractivity contribution >= 4 is 32.7 Å². The predicted molar refractivity (Wildman–Crippen MR) is 83.8 cm³/mol. The van der Waals surface area contributed by atoms with Gasteiger partial charge >= 0.3 is 0 Å². The maximum Gasteiger partial charge on any atom is 0.229 e. The largest absolute Gasteiger partial charge is 0.378 e. The number of thiazole rings is 1. The molecule has 2 rings (SSSR count). The summed E-state index contributed by atoms with van der Waals surface area (Å²) < 4.78 is 24.7. The molecule has 1 aromatic carbocycles. The van der Waals surface area contributed by atoms with Gasteiger partial charge in [-0.3, -0.25) is 4.72 Å². The van der Waals surface area contributed by atoms with E-state index in [0.717, 1.165) is 17.6 Å². The van der Waals surface area contributed by atoms with Gasteiger partial charge in [0.15, 0.2) is 0 Å². The molecule has 1 heterocycles. The third-order valence-corrected chi connectivity index (χ3v) is 4.47. The number of nitrogens with one attached hydrogen (secondary N) is 2. The molecule has 7 heteroatoms. The number of benzene rings is 1. The molecule has 20 heavy (non-hydrogen) atoms. The lowest BCUT2D eigenvalue weighted by Gasteiger charge is -2.15. The van der Waals surface area contributed by atoms with Crippen molar-refractivity contribution < 1.29 is 8.42 Å². The topological polar surface area (TPSA) is 71.1 Å². The summed E-state index contributed by atoms with van der Waals surface area (Å²) in [4.78, 5) is 5.43. The molecule has 5 nitrogen and oxygen atoms in total. The fourth-order valence-electron chi connectivity index (χ4n) is 1.89. The minimum Gasteiger partial charge on any atom is -0.378 e. The van der Waals surface area contributed by atoms with Gasteiger partial charge in [0.25, 0.3) is 0 Å². The van der Waals surface area contributed by atoms with E-state index in [1.54, 1.807) is 23.5 Å². The Morgan fingerprint density at radius 1 is 1.20 bits per heavy atom. The van der Waals surface area contributed by atoms with Crippen molar-refractivity contribution in [2.45, 2.75) is 19.9 Å². The van der Waals surface area contributed by atoms with Gasteiger partial charge in [0.1, 0.15) is 0 Å². The third-order valence-electron chi connectivity index (χ3n) is 2.75. The molecule has 1 aromatic heterocycles. The summed E-state index contributed by atoms with van der Waals surface area (Å²) in [5, 5.41) is 3.37. The van der Waals surface area contributed by atoms with Crippen LogP contribution >= 0.6 is 11.3 Å². The number of nitrogens with zero attached hydrogens (tertiary/aromatic N) is 1. The second-order valence-electron chi connectivity index (χ2n) is 4.62. The molecule has 0 aliphatic rings. The second kappa shape index (κ2) is 5.80. The Morgan fingerprint density at radius 3 is 2.30 bits per heavy atom. The number of hydrogen-bond donors (Lipinski definition) is 2. The molecule has 1 unspecified atom stereocenters. The van der Waals surface area contributed by atoms with E-state index in [1.807, 2.05) is 24.6 Å². The van der Waals surface area contributed by atoms with Crippen molar-refractivity contribution in [1.29, 1.82) is 0 Å². The lowest BCUT2D eigenvalue weighted by molar-refractivity contribution is 0.607. The Bertz CT molecular complexity index is 678. The van der Waals surface area contributed by atoms with Crippen LogP contribution in [0, 0.1) is 6.92 Å².